The van der Waals surface area contributed by atoms with Gasteiger partial charge in [0.1, 0.15) is 5.60 Å². The Morgan fingerprint density at radius 3 is 2.61 bits per heavy atom. The first-order valence-electron chi connectivity index (χ1n) is 8.20. The molecule has 1 saturated heterocycles. The highest BCUT2D eigenvalue weighted by Gasteiger charge is 2.27. The lowest BCUT2D eigenvalue weighted by molar-refractivity contribution is 0.000524. The third-order valence-corrected chi connectivity index (χ3v) is 3.85. The van der Waals surface area contributed by atoms with E-state index in [1.54, 1.807) is 23.5 Å². The Balaban J connectivity index is 1.72. The van der Waals surface area contributed by atoms with Crippen LogP contribution >= 0.6 is 0 Å². The van der Waals surface area contributed by atoms with Gasteiger partial charge >= 0.3 is 6.09 Å². The molecule has 1 aromatic rings. The third-order valence-electron chi connectivity index (χ3n) is 3.85. The van der Waals surface area contributed by atoms with Crippen LogP contribution in [0.25, 0.3) is 0 Å². The molecule has 0 aromatic carbocycles. The maximum atomic E-state index is 12.0. The Kier molecular flexibility index (Phi) is 5.93. The molecule has 23 heavy (non-hydrogen) atoms. The van der Waals surface area contributed by atoms with Gasteiger partial charge in [0.15, 0.2) is 0 Å². The Morgan fingerprint density at radius 2 is 2.04 bits per heavy atom. The second-order valence-corrected chi connectivity index (χ2v) is 7.02. The average Bonchev–Trinajstić information content (AvgIpc) is 2.52. The largest absolute Gasteiger partial charge is 0.444 e. The van der Waals surface area contributed by atoms with Crippen molar-refractivity contribution in [2.45, 2.75) is 52.2 Å². The first-order chi connectivity index (χ1) is 10.8. The molecule has 1 amide bonds. The van der Waals surface area contributed by atoms with Crippen LogP contribution in [0.5, 0.6) is 0 Å². The fourth-order valence-corrected chi connectivity index (χ4v) is 2.50. The maximum Gasteiger partial charge on any atom is 0.410 e. The SMILES string of the molecule is CC(OCC1CCN(C(=O)OC(C)(C)C)CC1)c1cnccn1. The second kappa shape index (κ2) is 7.73. The van der Waals surface area contributed by atoms with Crippen molar-refractivity contribution >= 4 is 6.09 Å². The summed E-state index contributed by atoms with van der Waals surface area (Å²) in [5, 5.41) is 0. The van der Waals surface area contributed by atoms with Gasteiger partial charge in [-0.25, -0.2) is 4.79 Å². The second-order valence-electron chi connectivity index (χ2n) is 7.02. The molecule has 0 bridgehead atoms. The van der Waals surface area contributed by atoms with E-state index in [-0.39, 0.29) is 12.2 Å². The minimum absolute atomic E-state index is 0.0624. The highest BCUT2D eigenvalue weighted by molar-refractivity contribution is 5.68. The van der Waals surface area contributed by atoms with Gasteiger partial charge in [0.2, 0.25) is 0 Å². The van der Waals surface area contributed by atoms with E-state index in [0.717, 1.165) is 31.6 Å². The van der Waals surface area contributed by atoms with Gasteiger partial charge in [0, 0.05) is 25.5 Å². The van der Waals surface area contributed by atoms with E-state index in [2.05, 4.69) is 9.97 Å². The van der Waals surface area contributed by atoms with E-state index in [4.69, 9.17) is 9.47 Å². The number of hydrogen-bond acceptors (Lipinski definition) is 5. The van der Waals surface area contributed by atoms with E-state index in [9.17, 15) is 4.79 Å². The highest BCUT2D eigenvalue weighted by Crippen LogP contribution is 2.22. The van der Waals surface area contributed by atoms with Gasteiger partial charge < -0.3 is 14.4 Å². The Hall–Kier alpha value is -1.69. The molecular formula is C17H27N3O3. The smallest absolute Gasteiger partial charge is 0.410 e. The van der Waals surface area contributed by atoms with Crippen LogP contribution in [-0.4, -0.2) is 46.3 Å². The number of rotatable bonds is 4. The maximum absolute atomic E-state index is 12.0. The van der Waals surface area contributed by atoms with Crippen molar-refractivity contribution in [2.75, 3.05) is 19.7 Å². The van der Waals surface area contributed by atoms with Gasteiger partial charge in [0.25, 0.3) is 0 Å². The molecule has 1 aromatic heterocycles. The monoisotopic (exact) mass is 321 g/mol. The summed E-state index contributed by atoms with van der Waals surface area (Å²) in [4.78, 5) is 22.1. The number of ether oxygens (including phenoxy) is 2. The third kappa shape index (κ3) is 5.78. The summed E-state index contributed by atoms with van der Waals surface area (Å²) >= 11 is 0. The minimum atomic E-state index is -0.441. The molecule has 0 N–H and O–H groups in total. The molecule has 128 valence electrons. The quantitative estimate of drug-likeness (QED) is 0.852. The summed E-state index contributed by atoms with van der Waals surface area (Å²) in [6, 6.07) is 0. The molecule has 1 fully saturated rings. The number of likely N-dealkylation sites (tertiary alicyclic amines) is 1. The van der Waals surface area contributed by atoms with Crippen LogP contribution in [-0.2, 0) is 9.47 Å². The van der Waals surface area contributed by atoms with E-state index in [0.29, 0.717) is 12.5 Å². The zero-order chi connectivity index (χ0) is 16.9. The number of nitrogens with zero attached hydrogens (tertiary/aromatic N) is 3. The van der Waals surface area contributed by atoms with Crippen LogP contribution in [0.2, 0.25) is 0 Å². The van der Waals surface area contributed by atoms with E-state index in [1.807, 2.05) is 27.7 Å². The zero-order valence-corrected chi connectivity index (χ0v) is 14.5. The van der Waals surface area contributed by atoms with Gasteiger partial charge in [-0.3, -0.25) is 9.97 Å². The molecule has 6 nitrogen and oxygen atoms in total. The molecule has 0 radical (unpaired) electrons. The van der Waals surface area contributed by atoms with E-state index >= 15 is 0 Å². The number of amides is 1. The Labute approximate surface area is 138 Å². The number of carbonyl (C=O) groups excluding carboxylic acids is 1. The van der Waals surface area contributed by atoms with Gasteiger partial charge in [-0.15, -0.1) is 0 Å². The summed E-state index contributed by atoms with van der Waals surface area (Å²) in [5.74, 6) is 0.466. The predicted octanol–water partition coefficient (Wildman–Crippen LogP) is 3.20. The van der Waals surface area contributed by atoms with Crippen molar-refractivity contribution in [1.29, 1.82) is 0 Å². The number of carbonyl (C=O) groups is 1. The molecular weight excluding hydrogens is 294 g/mol. The van der Waals surface area contributed by atoms with Gasteiger partial charge in [-0.1, -0.05) is 0 Å². The van der Waals surface area contributed by atoms with Crippen molar-refractivity contribution in [1.82, 2.24) is 14.9 Å². The summed E-state index contributed by atoms with van der Waals surface area (Å²) in [6.07, 6.45) is 6.66. The van der Waals surface area contributed by atoms with Crippen LogP contribution in [0.3, 0.4) is 0 Å². The highest BCUT2D eigenvalue weighted by atomic mass is 16.6. The van der Waals surface area contributed by atoms with Crippen molar-refractivity contribution in [2.24, 2.45) is 5.92 Å². The van der Waals surface area contributed by atoms with Crippen molar-refractivity contribution < 1.29 is 14.3 Å². The number of aromatic nitrogens is 2. The van der Waals surface area contributed by atoms with Crippen molar-refractivity contribution in [3.05, 3.63) is 24.3 Å². The van der Waals surface area contributed by atoms with E-state index in [1.165, 1.54) is 0 Å². The number of piperidine rings is 1. The molecule has 0 aliphatic carbocycles. The first-order valence-corrected chi connectivity index (χ1v) is 8.20. The van der Waals surface area contributed by atoms with Crippen LogP contribution in [0, 0.1) is 5.92 Å². The molecule has 2 rings (SSSR count). The van der Waals surface area contributed by atoms with Crippen LogP contribution in [0.15, 0.2) is 18.6 Å². The summed E-state index contributed by atoms with van der Waals surface area (Å²) in [7, 11) is 0. The fraction of sp³-hybridized carbons (Fsp3) is 0.706. The Bertz CT molecular complexity index is 494. The normalized spacial score (nSPS) is 17.8. The first kappa shape index (κ1) is 17.7. The zero-order valence-electron chi connectivity index (χ0n) is 14.5. The minimum Gasteiger partial charge on any atom is -0.444 e. The van der Waals surface area contributed by atoms with Crippen LogP contribution < -0.4 is 0 Å². The summed E-state index contributed by atoms with van der Waals surface area (Å²) < 4.78 is 11.3. The standard InChI is InChI=1S/C17H27N3O3/c1-13(15-11-18-7-8-19-15)22-12-14-5-9-20(10-6-14)16(21)23-17(2,3)4/h7-8,11,13-14H,5-6,9-10,12H2,1-4H3. The fourth-order valence-electron chi connectivity index (χ4n) is 2.50. The summed E-state index contributed by atoms with van der Waals surface area (Å²) in [6.45, 7) is 9.78. The van der Waals surface area contributed by atoms with Gasteiger partial charge in [-0.05, 0) is 46.5 Å². The van der Waals surface area contributed by atoms with Crippen LogP contribution in [0.1, 0.15) is 52.3 Å². The summed E-state index contributed by atoms with van der Waals surface area (Å²) in [5.41, 5.74) is 0.405. The van der Waals surface area contributed by atoms with Crippen LogP contribution in [0.4, 0.5) is 4.79 Å². The lowest BCUT2D eigenvalue weighted by Gasteiger charge is -2.33. The molecule has 1 atom stereocenters. The average molecular weight is 321 g/mol. The molecule has 2 heterocycles. The Morgan fingerprint density at radius 1 is 1.35 bits per heavy atom. The molecule has 0 spiro atoms. The van der Waals surface area contributed by atoms with Crippen molar-refractivity contribution in [3.63, 3.8) is 0 Å². The van der Waals surface area contributed by atoms with E-state index < -0.39 is 5.60 Å². The molecule has 6 heteroatoms. The van der Waals surface area contributed by atoms with Gasteiger partial charge in [-0.2, -0.15) is 0 Å². The molecule has 0 saturated carbocycles. The topological polar surface area (TPSA) is 64.5 Å². The lowest BCUT2D eigenvalue weighted by atomic mass is 9.98. The van der Waals surface area contributed by atoms with Crippen molar-refractivity contribution in [3.8, 4) is 0 Å². The number of hydrogen-bond donors (Lipinski definition) is 0. The lowest BCUT2D eigenvalue weighted by Crippen LogP contribution is -2.42. The molecule has 1 aliphatic rings. The van der Waals surface area contributed by atoms with Gasteiger partial charge in [0.05, 0.1) is 24.6 Å². The molecule has 1 aliphatic heterocycles. The predicted molar refractivity (Wildman–Crippen MR) is 86.9 cm³/mol. The molecule has 1 unspecified atom stereocenters.